The van der Waals surface area contributed by atoms with Crippen LogP contribution in [0.15, 0.2) is 18.3 Å². The van der Waals surface area contributed by atoms with Gasteiger partial charge >= 0.3 is 16.2 Å². The summed E-state index contributed by atoms with van der Waals surface area (Å²) >= 11 is 0. The summed E-state index contributed by atoms with van der Waals surface area (Å²) < 4.78 is 33.8. The van der Waals surface area contributed by atoms with Crippen LogP contribution in [-0.2, 0) is 15.0 Å². The summed E-state index contributed by atoms with van der Waals surface area (Å²) in [4.78, 5) is 27.5. The Morgan fingerprint density at radius 3 is 2.85 bits per heavy atom. The SMILES string of the molecule is O=C(O)c1cc(N2CC(CS(=O)(=O)F)CC2=O)ccn1. The highest BCUT2D eigenvalue weighted by atomic mass is 32.3. The van der Waals surface area contributed by atoms with Crippen LogP contribution < -0.4 is 4.90 Å². The van der Waals surface area contributed by atoms with E-state index in [0.29, 0.717) is 5.69 Å². The van der Waals surface area contributed by atoms with Crippen LogP contribution in [0.5, 0.6) is 0 Å². The molecule has 7 nitrogen and oxygen atoms in total. The zero-order chi connectivity index (χ0) is 14.9. The number of hydrogen-bond acceptors (Lipinski definition) is 5. The Bertz CT molecular complexity index is 661. The molecule has 20 heavy (non-hydrogen) atoms. The van der Waals surface area contributed by atoms with E-state index in [4.69, 9.17) is 5.11 Å². The van der Waals surface area contributed by atoms with E-state index >= 15 is 0 Å². The van der Waals surface area contributed by atoms with E-state index in [0.717, 1.165) is 0 Å². The molecule has 0 radical (unpaired) electrons. The molecule has 1 aromatic rings. The zero-order valence-electron chi connectivity index (χ0n) is 10.2. The van der Waals surface area contributed by atoms with Gasteiger partial charge < -0.3 is 10.0 Å². The van der Waals surface area contributed by atoms with Gasteiger partial charge in [0.1, 0.15) is 5.69 Å². The third kappa shape index (κ3) is 3.29. The average molecular weight is 302 g/mol. The van der Waals surface area contributed by atoms with Gasteiger partial charge in [0.2, 0.25) is 5.91 Å². The van der Waals surface area contributed by atoms with Crippen LogP contribution in [0.2, 0.25) is 0 Å². The first-order valence-corrected chi connectivity index (χ1v) is 7.23. The summed E-state index contributed by atoms with van der Waals surface area (Å²) in [5.41, 5.74) is 0.0815. The smallest absolute Gasteiger partial charge is 0.354 e. The van der Waals surface area contributed by atoms with Crippen molar-refractivity contribution >= 4 is 27.8 Å². The number of carboxylic acid groups (broad SMARTS) is 1. The van der Waals surface area contributed by atoms with Crippen molar-refractivity contribution in [3.05, 3.63) is 24.0 Å². The van der Waals surface area contributed by atoms with E-state index in [1.165, 1.54) is 23.2 Å². The topological polar surface area (TPSA) is 105 Å². The Morgan fingerprint density at radius 2 is 2.25 bits per heavy atom. The number of aromatic nitrogens is 1. The molecule has 0 bridgehead atoms. The van der Waals surface area contributed by atoms with Crippen molar-refractivity contribution < 1.29 is 27.0 Å². The van der Waals surface area contributed by atoms with Crippen LogP contribution in [-0.4, -0.2) is 42.7 Å². The fourth-order valence-electron chi connectivity index (χ4n) is 2.13. The molecule has 1 aromatic heterocycles. The maximum atomic E-state index is 12.6. The van der Waals surface area contributed by atoms with Crippen molar-refractivity contribution in [2.45, 2.75) is 6.42 Å². The Kier molecular flexibility index (Phi) is 3.71. The lowest BCUT2D eigenvalue weighted by Gasteiger charge is -2.16. The van der Waals surface area contributed by atoms with Crippen LogP contribution >= 0.6 is 0 Å². The van der Waals surface area contributed by atoms with Crippen LogP contribution in [0.25, 0.3) is 0 Å². The quantitative estimate of drug-likeness (QED) is 0.809. The number of nitrogens with zero attached hydrogens (tertiary/aromatic N) is 2. The van der Waals surface area contributed by atoms with Gasteiger partial charge in [-0.1, -0.05) is 0 Å². The minimum absolute atomic E-state index is 0.0328. The highest BCUT2D eigenvalue weighted by Crippen LogP contribution is 2.26. The van der Waals surface area contributed by atoms with Gasteiger partial charge in [-0.2, -0.15) is 8.42 Å². The third-order valence-corrected chi connectivity index (χ3v) is 3.78. The third-order valence-electron chi connectivity index (χ3n) is 2.91. The summed E-state index contributed by atoms with van der Waals surface area (Å²) in [7, 11) is -4.64. The van der Waals surface area contributed by atoms with E-state index in [9.17, 15) is 21.9 Å². The number of carbonyl (C=O) groups is 2. The lowest BCUT2D eigenvalue weighted by molar-refractivity contribution is -0.117. The fraction of sp³-hybridized carbons (Fsp3) is 0.364. The lowest BCUT2D eigenvalue weighted by atomic mass is 10.1. The molecule has 0 saturated carbocycles. The molecule has 1 saturated heterocycles. The van der Waals surface area contributed by atoms with E-state index in [1.807, 2.05) is 0 Å². The number of rotatable bonds is 4. The average Bonchev–Trinajstić information content (AvgIpc) is 2.68. The molecule has 0 spiro atoms. The molecule has 1 aliphatic rings. The number of anilines is 1. The first kappa shape index (κ1) is 14.4. The molecule has 1 unspecified atom stereocenters. The van der Waals surface area contributed by atoms with Crippen LogP contribution in [0.1, 0.15) is 16.9 Å². The summed E-state index contributed by atoms with van der Waals surface area (Å²) in [6.07, 6.45) is 1.15. The van der Waals surface area contributed by atoms with Gasteiger partial charge in [0.25, 0.3) is 0 Å². The molecule has 2 rings (SSSR count). The maximum Gasteiger partial charge on any atom is 0.354 e. The van der Waals surface area contributed by atoms with Gasteiger partial charge in [-0.3, -0.25) is 4.79 Å². The molecule has 0 aromatic carbocycles. The Morgan fingerprint density at radius 1 is 1.55 bits per heavy atom. The zero-order valence-corrected chi connectivity index (χ0v) is 11.0. The van der Waals surface area contributed by atoms with Crippen LogP contribution in [0, 0.1) is 5.92 Å². The minimum atomic E-state index is -4.64. The second-order valence-corrected chi connectivity index (χ2v) is 5.90. The minimum Gasteiger partial charge on any atom is -0.477 e. The van der Waals surface area contributed by atoms with Gasteiger partial charge in [-0.15, -0.1) is 3.89 Å². The molecule has 1 fully saturated rings. The Balaban J connectivity index is 2.20. The normalized spacial score (nSPS) is 19.4. The summed E-state index contributed by atoms with van der Waals surface area (Å²) in [5.74, 6) is -2.96. The lowest BCUT2D eigenvalue weighted by Crippen LogP contribution is -2.25. The number of carboxylic acids is 1. The standard InChI is InChI=1S/C11H11FN2O5S/c12-20(18,19)6-7-3-10(15)14(5-7)8-1-2-13-9(4-8)11(16)17/h1-2,4,7H,3,5-6H2,(H,16,17). The maximum absolute atomic E-state index is 12.6. The van der Waals surface area contributed by atoms with Crippen molar-refractivity contribution in [1.82, 2.24) is 4.98 Å². The highest BCUT2D eigenvalue weighted by Gasteiger charge is 2.33. The van der Waals surface area contributed by atoms with Crippen molar-refractivity contribution in [1.29, 1.82) is 0 Å². The second kappa shape index (κ2) is 5.16. The van der Waals surface area contributed by atoms with Crippen molar-refractivity contribution in [2.75, 3.05) is 17.2 Å². The predicted molar refractivity (Wildman–Crippen MR) is 66.6 cm³/mol. The molecule has 108 valence electrons. The summed E-state index contributed by atoms with van der Waals surface area (Å²) in [5, 5.41) is 8.83. The van der Waals surface area contributed by atoms with E-state index in [2.05, 4.69) is 4.98 Å². The number of aromatic carboxylic acids is 1. The fourth-order valence-corrected chi connectivity index (χ4v) is 2.91. The van der Waals surface area contributed by atoms with Gasteiger partial charge in [0.05, 0.1) is 5.75 Å². The molecular formula is C11H11FN2O5S. The monoisotopic (exact) mass is 302 g/mol. The molecular weight excluding hydrogens is 291 g/mol. The molecule has 1 N–H and O–H groups in total. The van der Waals surface area contributed by atoms with Crippen LogP contribution in [0.4, 0.5) is 9.57 Å². The van der Waals surface area contributed by atoms with Crippen molar-refractivity contribution in [2.24, 2.45) is 5.92 Å². The Labute approximate surface area is 114 Å². The van der Waals surface area contributed by atoms with Gasteiger partial charge in [0.15, 0.2) is 0 Å². The summed E-state index contributed by atoms with van der Waals surface area (Å²) in [6.45, 7) is 0.0328. The first-order chi connectivity index (χ1) is 9.26. The largest absolute Gasteiger partial charge is 0.477 e. The Hall–Kier alpha value is -2.03. The second-order valence-electron chi connectivity index (χ2n) is 4.48. The van der Waals surface area contributed by atoms with Crippen LogP contribution in [0.3, 0.4) is 0 Å². The number of carbonyl (C=O) groups excluding carboxylic acids is 1. The molecule has 9 heteroatoms. The van der Waals surface area contributed by atoms with Gasteiger partial charge in [-0.05, 0) is 12.1 Å². The molecule has 1 aliphatic heterocycles. The molecule has 1 amide bonds. The number of halogens is 1. The summed E-state index contributed by atoms with van der Waals surface area (Å²) in [6, 6.07) is 2.66. The molecule has 0 aliphatic carbocycles. The number of pyridine rings is 1. The number of amides is 1. The van der Waals surface area contributed by atoms with E-state index < -0.39 is 27.9 Å². The molecule has 1 atom stereocenters. The van der Waals surface area contributed by atoms with Crippen molar-refractivity contribution in [3.8, 4) is 0 Å². The molecule has 2 heterocycles. The van der Waals surface area contributed by atoms with E-state index in [-0.39, 0.29) is 24.6 Å². The van der Waals surface area contributed by atoms with E-state index in [1.54, 1.807) is 0 Å². The highest BCUT2D eigenvalue weighted by molar-refractivity contribution is 7.86. The van der Waals surface area contributed by atoms with Crippen molar-refractivity contribution in [3.63, 3.8) is 0 Å². The van der Waals surface area contributed by atoms with Gasteiger partial charge in [0, 0.05) is 30.8 Å². The first-order valence-electron chi connectivity index (χ1n) is 5.68. The van der Waals surface area contributed by atoms with Gasteiger partial charge in [-0.25, -0.2) is 9.78 Å². The predicted octanol–water partition coefficient (Wildman–Crippen LogP) is 0.432. The number of hydrogen-bond donors (Lipinski definition) is 1.